The molecule has 1 aliphatic heterocycles. The van der Waals surface area contributed by atoms with E-state index in [-0.39, 0.29) is 17.7 Å². The maximum Gasteiger partial charge on any atom is 0.407 e. The van der Waals surface area contributed by atoms with Gasteiger partial charge in [0.2, 0.25) is 0 Å². The van der Waals surface area contributed by atoms with E-state index < -0.39 is 5.60 Å². The number of nitrogens with zero attached hydrogens (tertiary/aromatic N) is 5. The number of amides is 1. The van der Waals surface area contributed by atoms with Crippen LogP contribution in [-0.4, -0.2) is 49.8 Å². The molecule has 1 saturated carbocycles. The molecule has 3 N–H and O–H groups in total. The fraction of sp³-hybridized carbons (Fsp3) is 0.458. The quantitative estimate of drug-likeness (QED) is 0.505. The van der Waals surface area contributed by atoms with Crippen molar-refractivity contribution < 1.29 is 9.53 Å². The van der Waals surface area contributed by atoms with Crippen LogP contribution in [-0.2, 0) is 4.74 Å². The Hall–Kier alpha value is -2.85. The number of alkyl carbamates (subject to hydrolysis) is 1. The number of halogens is 1. The topological polar surface area (TPSA) is 119 Å². The van der Waals surface area contributed by atoms with E-state index >= 15 is 0 Å². The molecule has 5 rings (SSSR count). The molecule has 184 valence electrons. The van der Waals surface area contributed by atoms with E-state index in [1.165, 1.54) is 11.8 Å². The molecular formula is C24H28ClN7O2S. The molecule has 2 fully saturated rings. The summed E-state index contributed by atoms with van der Waals surface area (Å²) in [6.45, 7) is 6.52. The van der Waals surface area contributed by atoms with Gasteiger partial charge >= 0.3 is 6.09 Å². The molecule has 1 saturated heterocycles. The largest absolute Gasteiger partial charge is 0.444 e. The van der Waals surface area contributed by atoms with Crippen LogP contribution in [0.4, 0.5) is 16.4 Å². The standard InChI is InChI=1S/C24H28ClN7O2S/c1-23(2,3)34-22(33)29-14-11-24(12-14)8-4-10-32(24)17-13-28-21-15(30-17)5-6-18(31-21)35-16-7-9-27-20(26)19(16)25/h5-7,9,13-14H,4,8,10-12H2,1-3H3,(H2,26,27)(H,29,33). The number of nitrogens with one attached hydrogen (secondary N) is 1. The maximum atomic E-state index is 12.1. The number of hydrogen-bond donors (Lipinski definition) is 2. The number of hydrogen-bond acceptors (Lipinski definition) is 9. The van der Waals surface area contributed by atoms with Gasteiger partial charge in [-0.1, -0.05) is 23.4 Å². The number of aromatic nitrogens is 4. The lowest BCUT2D eigenvalue weighted by molar-refractivity contribution is 0.0436. The summed E-state index contributed by atoms with van der Waals surface area (Å²) in [5, 5.41) is 4.17. The third-order valence-corrected chi connectivity index (χ3v) is 7.81. The molecule has 0 atom stereocenters. The highest BCUT2D eigenvalue weighted by molar-refractivity contribution is 7.99. The van der Waals surface area contributed by atoms with E-state index in [4.69, 9.17) is 27.1 Å². The van der Waals surface area contributed by atoms with Gasteiger partial charge in [-0.15, -0.1) is 0 Å². The molecule has 4 heterocycles. The van der Waals surface area contributed by atoms with E-state index in [1.54, 1.807) is 18.5 Å². The van der Waals surface area contributed by atoms with Crippen molar-refractivity contribution >= 4 is 52.3 Å². The Kier molecular flexibility index (Phi) is 6.13. The number of nitrogen functional groups attached to an aromatic ring is 1. The Morgan fingerprint density at radius 2 is 2.06 bits per heavy atom. The Morgan fingerprint density at radius 1 is 1.26 bits per heavy atom. The number of carbonyl (C=O) groups excluding carboxylic acids is 1. The number of nitrogens with two attached hydrogens (primary N) is 1. The summed E-state index contributed by atoms with van der Waals surface area (Å²) in [5.74, 6) is 1.14. The number of carbonyl (C=O) groups is 1. The zero-order valence-corrected chi connectivity index (χ0v) is 21.5. The molecule has 3 aromatic heterocycles. The van der Waals surface area contributed by atoms with Gasteiger partial charge in [0.05, 0.1) is 11.2 Å². The van der Waals surface area contributed by atoms with Gasteiger partial charge in [-0.05, 0) is 64.7 Å². The van der Waals surface area contributed by atoms with Crippen molar-refractivity contribution in [1.29, 1.82) is 0 Å². The van der Waals surface area contributed by atoms with Gasteiger partial charge in [0.15, 0.2) is 5.65 Å². The zero-order valence-electron chi connectivity index (χ0n) is 19.9. The first-order valence-electron chi connectivity index (χ1n) is 11.6. The molecular weight excluding hydrogens is 486 g/mol. The molecule has 1 amide bonds. The number of rotatable bonds is 4. The van der Waals surface area contributed by atoms with Gasteiger partial charge in [0.25, 0.3) is 0 Å². The van der Waals surface area contributed by atoms with Crippen molar-refractivity contribution in [2.45, 2.75) is 73.6 Å². The van der Waals surface area contributed by atoms with Crippen LogP contribution in [0.1, 0.15) is 46.5 Å². The van der Waals surface area contributed by atoms with Crippen LogP contribution in [0.25, 0.3) is 11.2 Å². The molecule has 2 aliphatic rings. The average molecular weight is 514 g/mol. The lowest BCUT2D eigenvalue weighted by Crippen LogP contribution is -2.61. The van der Waals surface area contributed by atoms with Gasteiger partial charge in [-0.3, -0.25) is 0 Å². The lowest BCUT2D eigenvalue weighted by Gasteiger charge is -2.51. The van der Waals surface area contributed by atoms with Crippen LogP contribution in [0.2, 0.25) is 5.02 Å². The molecule has 1 aliphatic carbocycles. The molecule has 0 bridgehead atoms. The predicted octanol–water partition coefficient (Wildman–Crippen LogP) is 4.83. The van der Waals surface area contributed by atoms with Crippen LogP contribution in [0.5, 0.6) is 0 Å². The van der Waals surface area contributed by atoms with Crippen LogP contribution in [0.3, 0.4) is 0 Å². The minimum Gasteiger partial charge on any atom is -0.444 e. The predicted molar refractivity (Wildman–Crippen MR) is 137 cm³/mol. The zero-order chi connectivity index (χ0) is 24.8. The van der Waals surface area contributed by atoms with Crippen molar-refractivity contribution in [2.75, 3.05) is 17.2 Å². The first-order valence-corrected chi connectivity index (χ1v) is 12.8. The van der Waals surface area contributed by atoms with Crippen molar-refractivity contribution in [3.8, 4) is 0 Å². The molecule has 0 radical (unpaired) electrons. The number of ether oxygens (including phenoxy) is 1. The minimum absolute atomic E-state index is 0.00326. The normalized spacial score (nSPS) is 21.8. The van der Waals surface area contributed by atoms with Crippen LogP contribution < -0.4 is 16.0 Å². The Morgan fingerprint density at radius 3 is 2.83 bits per heavy atom. The van der Waals surface area contributed by atoms with Crippen molar-refractivity contribution in [2.24, 2.45) is 0 Å². The second kappa shape index (κ2) is 8.98. The second-order valence-corrected chi connectivity index (χ2v) is 11.5. The Labute approximate surface area is 213 Å². The van der Waals surface area contributed by atoms with Crippen molar-refractivity contribution in [3.63, 3.8) is 0 Å². The molecule has 11 heteroatoms. The number of pyridine rings is 2. The third kappa shape index (κ3) is 4.95. The van der Waals surface area contributed by atoms with Crippen molar-refractivity contribution in [1.82, 2.24) is 25.3 Å². The summed E-state index contributed by atoms with van der Waals surface area (Å²) in [5.41, 5.74) is 6.61. The first kappa shape index (κ1) is 23.9. The third-order valence-electron chi connectivity index (χ3n) is 6.31. The molecule has 9 nitrogen and oxygen atoms in total. The van der Waals surface area contributed by atoms with Gasteiger partial charge in [-0.25, -0.2) is 24.7 Å². The molecule has 3 aromatic rings. The number of anilines is 2. The van der Waals surface area contributed by atoms with E-state index in [0.717, 1.165) is 53.5 Å². The molecule has 35 heavy (non-hydrogen) atoms. The summed E-state index contributed by atoms with van der Waals surface area (Å²) < 4.78 is 5.40. The fourth-order valence-corrected chi connectivity index (χ4v) is 5.90. The van der Waals surface area contributed by atoms with Crippen molar-refractivity contribution in [3.05, 3.63) is 35.6 Å². The van der Waals surface area contributed by atoms with Gasteiger partial charge in [0.1, 0.15) is 27.8 Å². The Bertz CT molecular complexity index is 1280. The summed E-state index contributed by atoms with van der Waals surface area (Å²) in [6.07, 6.45) is 6.96. The van der Waals surface area contributed by atoms with E-state index in [0.29, 0.717) is 16.5 Å². The Balaban J connectivity index is 1.29. The molecule has 1 spiro atoms. The fourth-order valence-electron chi connectivity index (χ4n) is 4.85. The summed E-state index contributed by atoms with van der Waals surface area (Å²) in [7, 11) is 0. The first-order chi connectivity index (χ1) is 16.6. The second-order valence-electron chi connectivity index (χ2n) is 10.1. The monoisotopic (exact) mass is 513 g/mol. The van der Waals surface area contributed by atoms with E-state index in [9.17, 15) is 4.79 Å². The highest BCUT2D eigenvalue weighted by Crippen LogP contribution is 2.47. The minimum atomic E-state index is -0.504. The van der Waals surface area contributed by atoms with Gasteiger partial charge in [-0.2, -0.15) is 0 Å². The summed E-state index contributed by atoms with van der Waals surface area (Å²) >= 11 is 7.67. The summed E-state index contributed by atoms with van der Waals surface area (Å²) in [6, 6.07) is 5.74. The van der Waals surface area contributed by atoms with Gasteiger partial charge in [0, 0.05) is 29.2 Å². The lowest BCUT2D eigenvalue weighted by atomic mass is 9.71. The maximum absolute atomic E-state index is 12.1. The van der Waals surface area contributed by atoms with E-state index in [2.05, 4.69) is 25.2 Å². The SMILES string of the molecule is CC(C)(C)OC(=O)NC1CC2(CCCN2c2cnc3nc(Sc4ccnc(N)c4Cl)ccc3n2)C1. The van der Waals surface area contributed by atoms with Crippen LogP contribution in [0.15, 0.2) is 40.5 Å². The highest BCUT2D eigenvalue weighted by atomic mass is 35.5. The average Bonchev–Trinajstić information content (AvgIpc) is 3.20. The van der Waals surface area contributed by atoms with Crippen LogP contribution >= 0.6 is 23.4 Å². The highest BCUT2D eigenvalue weighted by Gasteiger charge is 2.52. The summed E-state index contributed by atoms with van der Waals surface area (Å²) in [4.78, 5) is 33.4. The molecule has 0 unspecified atom stereocenters. The molecule has 0 aromatic carbocycles. The number of fused-ring (bicyclic) bond motifs is 1. The van der Waals surface area contributed by atoms with Crippen LogP contribution in [0, 0.1) is 0 Å². The smallest absolute Gasteiger partial charge is 0.407 e. The van der Waals surface area contributed by atoms with E-state index in [1.807, 2.05) is 32.9 Å². The van der Waals surface area contributed by atoms with Gasteiger partial charge < -0.3 is 20.7 Å².